The van der Waals surface area contributed by atoms with Crippen LogP contribution in [0.3, 0.4) is 0 Å². The Morgan fingerprint density at radius 2 is 2.14 bits per heavy atom. The maximum Gasteiger partial charge on any atom is 0.164 e. The van der Waals surface area contributed by atoms with Crippen LogP contribution in [0.2, 0.25) is 0 Å². The molecule has 22 heavy (non-hydrogen) atoms. The van der Waals surface area contributed by atoms with Gasteiger partial charge >= 0.3 is 0 Å². The molecule has 0 amide bonds. The van der Waals surface area contributed by atoms with Crippen molar-refractivity contribution in [1.29, 1.82) is 0 Å². The molecule has 1 aliphatic heterocycles. The van der Waals surface area contributed by atoms with E-state index in [0.717, 1.165) is 23.9 Å². The molecule has 0 saturated carbocycles. The van der Waals surface area contributed by atoms with Crippen molar-refractivity contribution in [3.8, 4) is 0 Å². The molecular weight excluding hydrogens is 286 g/mol. The molecular formula is C15H19N3O4. The third-order valence-electron chi connectivity index (χ3n) is 3.97. The predicted molar refractivity (Wildman–Crippen MR) is 79.1 cm³/mol. The van der Waals surface area contributed by atoms with Crippen molar-refractivity contribution in [2.45, 2.75) is 37.4 Å². The molecule has 0 unspecified atom stereocenters. The zero-order valence-corrected chi connectivity index (χ0v) is 12.0. The number of fused-ring (bicyclic) bond motifs is 1. The Morgan fingerprint density at radius 3 is 2.82 bits per heavy atom. The van der Waals surface area contributed by atoms with Gasteiger partial charge in [0.15, 0.2) is 6.23 Å². The van der Waals surface area contributed by atoms with E-state index in [-0.39, 0.29) is 6.61 Å². The van der Waals surface area contributed by atoms with E-state index in [0.29, 0.717) is 5.65 Å². The van der Waals surface area contributed by atoms with Gasteiger partial charge in [-0.15, -0.1) is 6.58 Å². The number of aromatic nitrogens is 3. The number of aliphatic hydroxyl groups is 3. The van der Waals surface area contributed by atoms with E-state index in [1.807, 2.05) is 12.1 Å². The van der Waals surface area contributed by atoms with Crippen LogP contribution in [0.1, 0.15) is 18.3 Å². The monoisotopic (exact) mass is 305 g/mol. The van der Waals surface area contributed by atoms with E-state index in [4.69, 9.17) is 4.74 Å². The van der Waals surface area contributed by atoms with Crippen LogP contribution in [0.15, 0.2) is 31.2 Å². The minimum Gasteiger partial charge on any atom is -0.394 e. The summed E-state index contributed by atoms with van der Waals surface area (Å²) < 4.78 is 7.21. The Labute approximate surface area is 127 Å². The van der Waals surface area contributed by atoms with E-state index >= 15 is 0 Å². The van der Waals surface area contributed by atoms with Crippen LogP contribution < -0.4 is 0 Å². The molecule has 1 saturated heterocycles. The zero-order valence-electron chi connectivity index (χ0n) is 12.0. The maximum atomic E-state index is 10.1. The Morgan fingerprint density at radius 1 is 1.32 bits per heavy atom. The van der Waals surface area contributed by atoms with Gasteiger partial charge in [-0.2, -0.15) is 0 Å². The summed E-state index contributed by atoms with van der Waals surface area (Å²) in [4.78, 5) is 8.54. The first-order valence-corrected chi connectivity index (χ1v) is 7.21. The highest BCUT2D eigenvalue weighted by Gasteiger charge is 2.43. The SMILES string of the molecule is C=CCCc1ncnc2c1ccn2[C@@H]1O[C@H](CO)[C@@H](O)[C@H]1O. The lowest BCUT2D eigenvalue weighted by molar-refractivity contribution is -0.0508. The molecule has 0 aromatic carbocycles. The molecule has 0 aliphatic carbocycles. The molecule has 4 atom stereocenters. The van der Waals surface area contributed by atoms with Crippen LogP contribution in [-0.4, -0.2) is 54.8 Å². The summed E-state index contributed by atoms with van der Waals surface area (Å²) in [5, 5.41) is 30.1. The molecule has 2 aromatic heterocycles. The average molecular weight is 305 g/mol. The second-order valence-corrected chi connectivity index (χ2v) is 5.34. The maximum absolute atomic E-state index is 10.1. The van der Waals surface area contributed by atoms with Crippen molar-refractivity contribution in [3.05, 3.63) is 36.9 Å². The van der Waals surface area contributed by atoms with Crippen molar-refractivity contribution in [3.63, 3.8) is 0 Å². The molecule has 0 bridgehead atoms. The third-order valence-corrected chi connectivity index (χ3v) is 3.97. The van der Waals surface area contributed by atoms with Crippen molar-refractivity contribution in [2.75, 3.05) is 6.61 Å². The second kappa shape index (κ2) is 6.13. The molecule has 2 aromatic rings. The first kappa shape index (κ1) is 15.1. The lowest BCUT2D eigenvalue weighted by Crippen LogP contribution is -2.33. The predicted octanol–water partition coefficient (Wildman–Crippen LogP) is 0.161. The Hall–Kier alpha value is -1.80. The fraction of sp³-hybridized carbons (Fsp3) is 0.467. The fourth-order valence-electron chi connectivity index (χ4n) is 2.78. The summed E-state index contributed by atoms with van der Waals surface area (Å²) in [5.74, 6) is 0. The van der Waals surface area contributed by atoms with Gasteiger partial charge in [0.1, 0.15) is 30.3 Å². The Balaban J connectivity index is 1.97. The normalized spacial score (nSPS) is 28.3. The summed E-state index contributed by atoms with van der Waals surface area (Å²) in [7, 11) is 0. The summed E-state index contributed by atoms with van der Waals surface area (Å²) in [5.41, 5.74) is 1.53. The van der Waals surface area contributed by atoms with Crippen LogP contribution in [0.5, 0.6) is 0 Å². The zero-order chi connectivity index (χ0) is 15.7. The molecule has 0 spiro atoms. The third kappa shape index (κ3) is 2.42. The quantitative estimate of drug-likeness (QED) is 0.680. The first-order chi connectivity index (χ1) is 10.7. The first-order valence-electron chi connectivity index (χ1n) is 7.21. The van der Waals surface area contributed by atoms with Crippen LogP contribution in [0.25, 0.3) is 11.0 Å². The number of ether oxygens (including phenoxy) is 1. The molecule has 0 radical (unpaired) electrons. The molecule has 1 fully saturated rings. The lowest BCUT2D eigenvalue weighted by Gasteiger charge is -2.17. The topological polar surface area (TPSA) is 101 Å². The largest absolute Gasteiger partial charge is 0.394 e. The second-order valence-electron chi connectivity index (χ2n) is 5.34. The number of allylic oxidation sites excluding steroid dienone is 1. The van der Waals surface area contributed by atoms with Gasteiger partial charge in [0.05, 0.1) is 12.3 Å². The number of aliphatic hydroxyl groups excluding tert-OH is 3. The highest BCUT2D eigenvalue weighted by atomic mass is 16.6. The van der Waals surface area contributed by atoms with Gasteiger partial charge in [-0.05, 0) is 18.9 Å². The number of rotatable bonds is 5. The summed E-state index contributed by atoms with van der Waals surface area (Å²) in [6.07, 6.45) is 2.76. The van der Waals surface area contributed by atoms with Crippen LogP contribution >= 0.6 is 0 Å². The summed E-state index contributed by atoms with van der Waals surface area (Å²) >= 11 is 0. The Kier molecular flexibility index (Phi) is 4.21. The molecule has 3 heterocycles. The minimum atomic E-state index is -1.13. The van der Waals surface area contributed by atoms with Crippen molar-refractivity contribution < 1.29 is 20.1 Å². The van der Waals surface area contributed by atoms with Gasteiger partial charge in [-0.1, -0.05) is 6.08 Å². The van der Waals surface area contributed by atoms with E-state index in [1.165, 1.54) is 6.33 Å². The summed E-state index contributed by atoms with van der Waals surface area (Å²) in [6, 6.07) is 1.86. The fourth-order valence-corrected chi connectivity index (χ4v) is 2.78. The van der Waals surface area contributed by atoms with Gasteiger partial charge in [-0.3, -0.25) is 0 Å². The van der Waals surface area contributed by atoms with Crippen molar-refractivity contribution >= 4 is 11.0 Å². The van der Waals surface area contributed by atoms with Gasteiger partial charge < -0.3 is 24.6 Å². The van der Waals surface area contributed by atoms with Crippen LogP contribution in [-0.2, 0) is 11.2 Å². The molecule has 7 nitrogen and oxygen atoms in total. The van der Waals surface area contributed by atoms with Crippen LogP contribution in [0, 0.1) is 0 Å². The molecule has 1 aliphatic rings. The van der Waals surface area contributed by atoms with Crippen molar-refractivity contribution in [2.24, 2.45) is 0 Å². The number of nitrogens with zero attached hydrogens (tertiary/aromatic N) is 3. The smallest absolute Gasteiger partial charge is 0.164 e. The minimum absolute atomic E-state index is 0.354. The number of hydrogen-bond donors (Lipinski definition) is 3. The van der Waals surface area contributed by atoms with Gasteiger partial charge in [-0.25, -0.2) is 9.97 Å². The van der Waals surface area contributed by atoms with Gasteiger partial charge in [0.2, 0.25) is 0 Å². The molecule has 3 rings (SSSR count). The molecule has 118 valence electrons. The van der Waals surface area contributed by atoms with Crippen molar-refractivity contribution in [1.82, 2.24) is 14.5 Å². The van der Waals surface area contributed by atoms with Gasteiger partial charge in [0.25, 0.3) is 0 Å². The van der Waals surface area contributed by atoms with E-state index in [9.17, 15) is 15.3 Å². The number of hydrogen-bond acceptors (Lipinski definition) is 6. The molecule has 7 heteroatoms. The highest BCUT2D eigenvalue weighted by molar-refractivity contribution is 5.78. The van der Waals surface area contributed by atoms with E-state index in [1.54, 1.807) is 10.8 Å². The van der Waals surface area contributed by atoms with E-state index in [2.05, 4.69) is 16.5 Å². The average Bonchev–Trinajstić information content (AvgIpc) is 3.08. The van der Waals surface area contributed by atoms with Crippen LogP contribution in [0.4, 0.5) is 0 Å². The van der Waals surface area contributed by atoms with E-state index < -0.39 is 24.5 Å². The van der Waals surface area contributed by atoms with Gasteiger partial charge in [0, 0.05) is 11.6 Å². The Bertz CT molecular complexity index is 672. The summed E-state index contributed by atoms with van der Waals surface area (Å²) in [6.45, 7) is 3.35. The highest BCUT2D eigenvalue weighted by Crippen LogP contribution is 2.32. The lowest BCUT2D eigenvalue weighted by atomic mass is 10.1. The standard InChI is InChI=1S/C15H19N3O4/c1-2-3-4-10-9-5-6-18(14(9)17-8-16-10)15-13(21)12(20)11(7-19)22-15/h2,5-6,8,11-13,15,19-21H,1,3-4,7H2/t11-,12-,13-,15-/m1/s1. The number of aryl methyl sites for hydroxylation is 1. The molecule has 3 N–H and O–H groups in total.